The van der Waals surface area contributed by atoms with Gasteiger partial charge in [-0.1, -0.05) is 98.8 Å². The zero-order valence-corrected chi connectivity index (χ0v) is 26.3. The molecule has 0 amide bonds. The highest BCUT2D eigenvalue weighted by Gasteiger charge is 2.29. The summed E-state index contributed by atoms with van der Waals surface area (Å²) in [7, 11) is 0.0476. The van der Waals surface area contributed by atoms with E-state index in [0.29, 0.717) is 0 Å². The topological polar surface area (TPSA) is 26.6 Å². The standard InChI is InChI=1S/C37H37N4Si/c1-37(2,3)26-20-21-38-36(22-26)41-32-15-8-7-14-30(32)31-19-18-29(24-35(31)41)42(5,6)28-13-11-12-27(23-28)40-25-39(4)33-16-9-10-17-34(33)40/h7-25H,1-6H3/q+1. The van der Waals surface area contributed by atoms with Crippen LogP contribution in [0, 0.1) is 0 Å². The minimum atomic E-state index is -2.07. The molecule has 0 saturated carbocycles. The molecule has 0 fully saturated rings. The molecule has 7 rings (SSSR count). The molecule has 0 N–H and O–H groups in total. The molecule has 0 saturated heterocycles. The summed E-state index contributed by atoms with van der Waals surface area (Å²) in [5, 5.41) is 5.35. The molecule has 5 heteroatoms. The molecule has 3 aromatic heterocycles. The number of rotatable bonds is 4. The van der Waals surface area contributed by atoms with E-state index >= 15 is 0 Å². The van der Waals surface area contributed by atoms with Gasteiger partial charge in [-0.25, -0.2) is 9.55 Å². The average Bonchev–Trinajstić information content (AvgIpc) is 3.51. The summed E-state index contributed by atoms with van der Waals surface area (Å²) >= 11 is 0. The molecule has 0 aliphatic heterocycles. The summed E-state index contributed by atoms with van der Waals surface area (Å²) < 4.78 is 6.86. The van der Waals surface area contributed by atoms with Crippen LogP contribution in [0.15, 0.2) is 116 Å². The Balaban J connectivity index is 1.39. The molecule has 4 nitrogen and oxygen atoms in total. The summed E-state index contributed by atoms with van der Waals surface area (Å²) in [6.45, 7) is 11.7. The van der Waals surface area contributed by atoms with Gasteiger partial charge in [-0.05, 0) is 59.5 Å². The molecule has 208 valence electrons. The van der Waals surface area contributed by atoms with Crippen molar-refractivity contribution >= 4 is 51.3 Å². The lowest BCUT2D eigenvalue weighted by molar-refractivity contribution is -0.645. The van der Waals surface area contributed by atoms with Crippen molar-refractivity contribution in [1.82, 2.24) is 14.1 Å². The fraction of sp³-hybridized carbons (Fsp3) is 0.189. The van der Waals surface area contributed by atoms with Crippen LogP contribution in [0.5, 0.6) is 0 Å². The highest BCUT2D eigenvalue weighted by Crippen LogP contribution is 2.32. The van der Waals surface area contributed by atoms with E-state index in [4.69, 9.17) is 4.98 Å². The zero-order chi connectivity index (χ0) is 29.2. The first-order valence-corrected chi connectivity index (χ1v) is 17.7. The predicted octanol–water partition coefficient (Wildman–Crippen LogP) is 7.07. The Morgan fingerprint density at radius 3 is 2.21 bits per heavy atom. The monoisotopic (exact) mass is 565 g/mol. The number of imidazole rings is 1. The molecular formula is C37H37N4Si+. The fourth-order valence-corrected chi connectivity index (χ4v) is 8.65. The number of hydrogen-bond donors (Lipinski definition) is 0. The Morgan fingerprint density at radius 1 is 0.690 bits per heavy atom. The van der Waals surface area contributed by atoms with E-state index in [1.54, 1.807) is 0 Å². The maximum atomic E-state index is 4.89. The fourth-order valence-electron chi connectivity index (χ4n) is 6.29. The Morgan fingerprint density at radius 2 is 1.40 bits per heavy atom. The van der Waals surface area contributed by atoms with E-state index < -0.39 is 8.07 Å². The van der Waals surface area contributed by atoms with E-state index in [1.165, 1.54) is 54.5 Å². The first kappa shape index (κ1) is 26.4. The van der Waals surface area contributed by atoms with Gasteiger partial charge in [0.2, 0.25) is 6.33 Å². The van der Waals surface area contributed by atoms with Crippen molar-refractivity contribution in [3.63, 3.8) is 0 Å². The minimum Gasteiger partial charge on any atom is -0.294 e. The number of pyridine rings is 1. The number of para-hydroxylation sites is 3. The van der Waals surface area contributed by atoms with Crippen LogP contribution in [-0.4, -0.2) is 22.2 Å². The second kappa shape index (κ2) is 9.53. The molecule has 0 atom stereocenters. The molecule has 42 heavy (non-hydrogen) atoms. The number of aryl methyl sites for hydroxylation is 1. The lowest BCUT2D eigenvalue weighted by Gasteiger charge is -2.24. The predicted molar refractivity (Wildman–Crippen MR) is 178 cm³/mol. The van der Waals surface area contributed by atoms with E-state index in [0.717, 1.165) is 5.82 Å². The van der Waals surface area contributed by atoms with Crippen LogP contribution in [0.25, 0.3) is 44.3 Å². The van der Waals surface area contributed by atoms with Crippen LogP contribution < -0.4 is 14.9 Å². The summed E-state index contributed by atoms with van der Waals surface area (Å²) in [4.78, 5) is 4.89. The number of hydrogen-bond acceptors (Lipinski definition) is 1. The number of fused-ring (bicyclic) bond motifs is 4. The number of nitrogens with zero attached hydrogens (tertiary/aromatic N) is 4. The third-order valence-electron chi connectivity index (χ3n) is 8.89. The van der Waals surface area contributed by atoms with Crippen molar-refractivity contribution < 1.29 is 4.57 Å². The van der Waals surface area contributed by atoms with Gasteiger partial charge in [0.15, 0.2) is 11.0 Å². The van der Waals surface area contributed by atoms with Gasteiger partial charge in [-0.2, -0.15) is 4.57 Å². The van der Waals surface area contributed by atoms with Crippen molar-refractivity contribution in [2.24, 2.45) is 7.05 Å². The van der Waals surface area contributed by atoms with Gasteiger partial charge in [-0.3, -0.25) is 4.57 Å². The largest absolute Gasteiger partial charge is 0.294 e. The van der Waals surface area contributed by atoms with Gasteiger partial charge in [-0.15, -0.1) is 0 Å². The van der Waals surface area contributed by atoms with Gasteiger partial charge in [0.25, 0.3) is 0 Å². The van der Waals surface area contributed by atoms with E-state index in [1.807, 2.05) is 6.20 Å². The summed E-state index contributed by atoms with van der Waals surface area (Å²) in [6.07, 6.45) is 4.14. The second-order valence-electron chi connectivity index (χ2n) is 13.0. The van der Waals surface area contributed by atoms with Crippen LogP contribution in [0.4, 0.5) is 0 Å². The molecule has 0 bridgehead atoms. The third-order valence-corrected chi connectivity index (χ3v) is 12.4. The van der Waals surface area contributed by atoms with Crippen molar-refractivity contribution in [2.75, 3.05) is 0 Å². The zero-order valence-electron chi connectivity index (χ0n) is 25.3. The van der Waals surface area contributed by atoms with Crippen molar-refractivity contribution in [1.29, 1.82) is 0 Å². The maximum absolute atomic E-state index is 4.89. The number of aromatic nitrogens is 4. The van der Waals surface area contributed by atoms with Crippen LogP contribution in [-0.2, 0) is 12.5 Å². The van der Waals surface area contributed by atoms with Crippen molar-refractivity contribution in [2.45, 2.75) is 39.3 Å². The molecule has 0 aliphatic rings. The summed E-state index contributed by atoms with van der Waals surface area (Å²) in [5.41, 5.74) is 7.37. The molecular weight excluding hydrogens is 529 g/mol. The Kier molecular flexibility index (Phi) is 6.00. The molecule has 0 unspecified atom stereocenters. The van der Waals surface area contributed by atoms with Gasteiger partial charge in [0.1, 0.15) is 19.6 Å². The lowest BCUT2D eigenvalue weighted by atomic mass is 9.88. The van der Waals surface area contributed by atoms with Crippen molar-refractivity contribution in [3.8, 4) is 11.5 Å². The minimum absolute atomic E-state index is 0.0453. The number of benzene rings is 4. The van der Waals surface area contributed by atoms with Crippen LogP contribution in [0.3, 0.4) is 0 Å². The quantitative estimate of drug-likeness (QED) is 0.166. The summed E-state index contributed by atoms with van der Waals surface area (Å²) in [6, 6.07) is 38.0. The van der Waals surface area contributed by atoms with E-state index in [-0.39, 0.29) is 5.41 Å². The average molecular weight is 566 g/mol. The highest BCUT2D eigenvalue weighted by molar-refractivity contribution is 7.00. The normalized spacial score (nSPS) is 12.5. The molecule has 3 heterocycles. The van der Waals surface area contributed by atoms with Gasteiger partial charge in [0.05, 0.1) is 18.1 Å². The molecule has 7 aromatic rings. The first-order chi connectivity index (χ1) is 20.1. The van der Waals surface area contributed by atoms with Crippen molar-refractivity contribution in [3.05, 3.63) is 121 Å². The molecule has 0 radical (unpaired) electrons. The molecule has 0 aliphatic carbocycles. The Labute approximate surface area is 248 Å². The van der Waals surface area contributed by atoms with Crippen LogP contribution in [0.2, 0.25) is 13.1 Å². The van der Waals surface area contributed by atoms with Gasteiger partial charge in [0, 0.05) is 17.0 Å². The second-order valence-corrected chi connectivity index (χ2v) is 17.4. The van der Waals surface area contributed by atoms with E-state index in [2.05, 4.69) is 164 Å². The van der Waals surface area contributed by atoms with Crippen LogP contribution >= 0.6 is 0 Å². The van der Waals surface area contributed by atoms with E-state index in [9.17, 15) is 0 Å². The SMILES string of the molecule is C[n+]1cn(-c2cccc([Si](C)(C)c3ccc4c5ccccc5n(-c5cc(C(C)(C)C)ccn5)c4c3)c2)c2ccccc21. The third kappa shape index (κ3) is 4.19. The smallest absolute Gasteiger partial charge is 0.249 e. The van der Waals surface area contributed by atoms with Gasteiger partial charge < -0.3 is 0 Å². The molecule has 0 spiro atoms. The Hall–Kier alpha value is -4.48. The molecule has 4 aromatic carbocycles. The van der Waals surface area contributed by atoms with Gasteiger partial charge >= 0.3 is 0 Å². The maximum Gasteiger partial charge on any atom is 0.249 e. The summed E-state index contributed by atoms with van der Waals surface area (Å²) in [5.74, 6) is 0.972. The first-order valence-electron chi connectivity index (χ1n) is 14.7. The Bertz CT molecular complexity index is 2120. The highest BCUT2D eigenvalue weighted by atomic mass is 28.3. The lowest BCUT2D eigenvalue weighted by Crippen LogP contribution is -2.52. The van der Waals surface area contributed by atoms with Crippen LogP contribution in [0.1, 0.15) is 26.3 Å².